The Kier molecular flexibility index (Phi) is 9.09. The Morgan fingerprint density at radius 3 is 2.30 bits per heavy atom. The van der Waals surface area contributed by atoms with Crippen LogP contribution in [0.15, 0.2) is 84.9 Å². The predicted molar refractivity (Wildman–Crippen MR) is 174 cm³/mol. The number of anilines is 1. The van der Waals surface area contributed by atoms with Crippen LogP contribution in [0.2, 0.25) is 10.0 Å². The number of hydrogen-bond donors (Lipinski definition) is 1. The van der Waals surface area contributed by atoms with Crippen molar-refractivity contribution in [3.8, 4) is 0 Å². The summed E-state index contributed by atoms with van der Waals surface area (Å²) >= 11 is 12.5. The average molecular weight is 617 g/mol. The molecular weight excluding hydrogens is 581 g/mol. The Bertz CT molecular complexity index is 1660. The molecule has 1 aliphatic rings. The zero-order valence-electron chi connectivity index (χ0n) is 24.6. The monoisotopic (exact) mass is 615 g/mol. The minimum atomic E-state index is -0.769. The van der Waals surface area contributed by atoms with Crippen molar-refractivity contribution < 1.29 is 14.4 Å². The van der Waals surface area contributed by atoms with E-state index >= 15 is 0 Å². The first-order valence-corrected chi connectivity index (χ1v) is 15.2. The number of amides is 3. The van der Waals surface area contributed by atoms with Gasteiger partial charge in [-0.1, -0.05) is 83.9 Å². The molecule has 43 heavy (non-hydrogen) atoms. The fraction of sp³-hybridized carbons (Fsp3) is 0.286. The summed E-state index contributed by atoms with van der Waals surface area (Å²) in [6, 6.07) is 25.8. The molecular formula is C35H35Cl2N3O3. The van der Waals surface area contributed by atoms with Gasteiger partial charge in [0.05, 0.1) is 15.7 Å². The maximum atomic E-state index is 14.0. The molecule has 4 aromatic rings. The Morgan fingerprint density at radius 2 is 1.60 bits per heavy atom. The lowest BCUT2D eigenvalue weighted by Gasteiger charge is -2.34. The SMILES string of the molecule is CC(C)(C)NC(=O)C(Cc1ccccc1)N(Cc1ccc(Cl)c(Cl)c1)C(=O)CCCN1C(=O)c2cccc3cccc1c23. The lowest BCUT2D eigenvalue weighted by molar-refractivity contribution is -0.142. The van der Waals surface area contributed by atoms with Gasteiger partial charge in [0.2, 0.25) is 11.8 Å². The lowest BCUT2D eigenvalue weighted by atomic mass is 10.00. The largest absolute Gasteiger partial charge is 0.350 e. The number of rotatable bonds is 10. The lowest BCUT2D eigenvalue weighted by Crippen LogP contribution is -2.54. The van der Waals surface area contributed by atoms with Crippen LogP contribution in [0.3, 0.4) is 0 Å². The van der Waals surface area contributed by atoms with Crippen molar-refractivity contribution in [1.29, 1.82) is 0 Å². The number of hydrogen-bond acceptors (Lipinski definition) is 3. The highest BCUT2D eigenvalue weighted by molar-refractivity contribution is 6.42. The minimum absolute atomic E-state index is 0.0570. The van der Waals surface area contributed by atoms with Crippen LogP contribution in [0.4, 0.5) is 5.69 Å². The number of carbonyl (C=O) groups excluding carboxylic acids is 3. The van der Waals surface area contributed by atoms with Gasteiger partial charge in [0.25, 0.3) is 5.91 Å². The molecule has 0 radical (unpaired) electrons. The molecule has 4 aromatic carbocycles. The van der Waals surface area contributed by atoms with Crippen molar-refractivity contribution in [2.24, 2.45) is 0 Å². The van der Waals surface area contributed by atoms with Crippen LogP contribution in [0.1, 0.15) is 55.1 Å². The van der Waals surface area contributed by atoms with Crippen molar-refractivity contribution in [3.05, 3.63) is 112 Å². The van der Waals surface area contributed by atoms with Crippen LogP contribution in [0.5, 0.6) is 0 Å². The van der Waals surface area contributed by atoms with E-state index in [2.05, 4.69) is 5.32 Å². The molecule has 1 heterocycles. The van der Waals surface area contributed by atoms with E-state index in [0.717, 1.165) is 27.6 Å². The van der Waals surface area contributed by atoms with Gasteiger partial charge in [-0.25, -0.2) is 0 Å². The molecule has 6 nitrogen and oxygen atoms in total. The first kappa shape index (κ1) is 30.6. The summed E-state index contributed by atoms with van der Waals surface area (Å²) in [6.45, 7) is 6.32. The van der Waals surface area contributed by atoms with Crippen molar-refractivity contribution in [2.75, 3.05) is 11.4 Å². The summed E-state index contributed by atoms with van der Waals surface area (Å²) in [6.07, 6.45) is 0.939. The summed E-state index contributed by atoms with van der Waals surface area (Å²) in [4.78, 5) is 44.5. The zero-order valence-corrected chi connectivity index (χ0v) is 26.1. The van der Waals surface area contributed by atoms with Crippen LogP contribution >= 0.6 is 23.2 Å². The average Bonchev–Trinajstić information content (AvgIpc) is 3.24. The molecule has 0 bridgehead atoms. The van der Waals surface area contributed by atoms with E-state index in [-0.39, 0.29) is 30.7 Å². The highest BCUT2D eigenvalue weighted by Gasteiger charge is 2.33. The van der Waals surface area contributed by atoms with Gasteiger partial charge in [-0.15, -0.1) is 0 Å². The summed E-state index contributed by atoms with van der Waals surface area (Å²) < 4.78 is 0. The molecule has 1 aliphatic heterocycles. The van der Waals surface area contributed by atoms with Gasteiger partial charge in [0, 0.05) is 42.4 Å². The molecule has 0 aromatic heterocycles. The second-order valence-corrected chi connectivity index (χ2v) is 12.8. The highest BCUT2D eigenvalue weighted by atomic mass is 35.5. The molecule has 1 unspecified atom stereocenters. The maximum absolute atomic E-state index is 14.0. The van der Waals surface area contributed by atoms with Crippen LogP contribution in [-0.2, 0) is 22.6 Å². The first-order chi connectivity index (χ1) is 20.5. The van der Waals surface area contributed by atoms with E-state index in [0.29, 0.717) is 35.0 Å². The van der Waals surface area contributed by atoms with E-state index in [9.17, 15) is 14.4 Å². The molecule has 0 spiro atoms. The third-order valence-corrected chi connectivity index (χ3v) is 8.27. The Labute approximate surface area is 262 Å². The van der Waals surface area contributed by atoms with Crippen LogP contribution in [0.25, 0.3) is 10.8 Å². The van der Waals surface area contributed by atoms with E-state index in [4.69, 9.17) is 23.2 Å². The molecule has 1 N–H and O–H groups in total. The summed E-state index contributed by atoms with van der Waals surface area (Å²) in [5.74, 6) is -0.474. The Balaban J connectivity index is 1.40. The Hall–Kier alpha value is -3.87. The summed E-state index contributed by atoms with van der Waals surface area (Å²) in [5.41, 5.74) is 2.77. The standard InChI is InChI=1S/C35H35Cl2N3O3/c1-35(2,3)38-33(42)30(21-23-10-5-4-6-11-23)40(22-24-17-18-27(36)28(37)20-24)31(41)16-9-19-39-29-15-8-13-25-12-7-14-26(32(25)29)34(39)43/h4-8,10-15,17-18,20,30H,9,16,19,21-22H2,1-3H3,(H,38,42). The zero-order chi connectivity index (χ0) is 30.7. The minimum Gasteiger partial charge on any atom is -0.350 e. The predicted octanol–water partition coefficient (Wildman–Crippen LogP) is 7.44. The molecule has 222 valence electrons. The first-order valence-electron chi connectivity index (χ1n) is 14.4. The highest BCUT2D eigenvalue weighted by Crippen LogP contribution is 2.37. The number of carbonyl (C=O) groups is 3. The third-order valence-electron chi connectivity index (χ3n) is 7.53. The normalized spacial score (nSPS) is 13.3. The van der Waals surface area contributed by atoms with E-state index < -0.39 is 11.6 Å². The number of benzene rings is 4. The van der Waals surface area contributed by atoms with Gasteiger partial charge in [-0.3, -0.25) is 14.4 Å². The molecule has 0 aliphatic carbocycles. The van der Waals surface area contributed by atoms with Crippen LogP contribution in [-0.4, -0.2) is 40.7 Å². The number of halogens is 2. The number of nitrogens with zero attached hydrogens (tertiary/aromatic N) is 2. The summed E-state index contributed by atoms with van der Waals surface area (Å²) in [7, 11) is 0. The van der Waals surface area contributed by atoms with E-state index in [1.54, 1.807) is 21.9 Å². The van der Waals surface area contributed by atoms with Crippen LogP contribution in [0, 0.1) is 0 Å². The van der Waals surface area contributed by atoms with Crippen molar-refractivity contribution >= 4 is 57.4 Å². The van der Waals surface area contributed by atoms with Gasteiger partial charge < -0.3 is 15.1 Å². The fourth-order valence-electron chi connectivity index (χ4n) is 5.57. The van der Waals surface area contributed by atoms with Gasteiger partial charge in [0.15, 0.2) is 0 Å². The maximum Gasteiger partial charge on any atom is 0.258 e. The quantitative estimate of drug-likeness (QED) is 0.201. The third kappa shape index (κ3) is 7.03. The van der Waals surface area contributed by atoms with Gasteiger partial charge in [0.1, 0.15) is 6.04 Å². The summed E-state index contributed by atoms with van der Waals surface area (Å²) in [5, 5.41) is 5.84. The second-order valence-electron chi connectivity index (χ2n) is 12.0. The van der Waals surface area contributed by atoms with E-state index in [1.807, 2.05) is 93.6 Å². The molecule has 0 fully saturated rings. The molecule has 1 atom stereocenters. The molecule has 5 rings (SSSR count). The number of nitrogens with one attached hydrogen (secondary N) is 1. The molecule has 0 saturated heterocycles. The van der Waals surface area contributed by atoms with Crippen molar-refractivity contribution in [1.82, 2.24) is 10.2 Å². The van der Waals surface area contributed by atoms with Crippen LogP contribution < -0.4 is 10.2 Å². The smallest absolute Gasteiger partial charge is 0.258 e. The molecule has 3 amide bonds. The van der Waals surface area contributed by atoms with Gasteiger partial charge >= 0.3 is 0 Å². The van der Waals surface area contributed by atoms with Gasteiger partial charge in [-0.05, 0) is 68.0 Å². The topological polar surface area (TPSA) is 69.7 Å². The van der Waals surface area contributed by atoms with Crippen molar-refractivity contribution in [3.63, 3.8) is 0 Å². The molecule has 0 saturated carbocycles. The van der Waals surface area contributed by atoms with Crippen molar-refractivity contribution in [2.45, 2.75) is 58.2 Å². The second kappa shape index (κ2) is 12.8. The van der Waals surface area contributed by atoms with Gasteiger partial charge in [-0.2, -0.15) is 0 Å². The molecule has 8 heteroatoms. The Morgan fingerprint density at radius 1 is 0.884 bits per heavy atom. The van der Waals surface area contributed by atoms with E-state index in [1.165, 1.54) is 0 Å². The fourth-order valence-corrected chi connectivity index (χ4v) is 5.90.